The molecule has 0 saturated carbocycles. The van der Waals surface area contributed by atoms with Crippen molar-refractivity contribution in [1.82, 2.24) is 4.98 Å². The van der Waals surface area contributed by atoms with E-state index in [2.05, 4.69) is 10.3 Å². The van der Waals surface area contributed by atoms with E-state index in [1.165, 1.54) is 12.1 Å². The largest absolute Gasteiger partial charge is 0.478 e. The standard InChI is InChI=1S/C11H12N2O4/c1-6(14)5-12-11-13-8-3-2-7(10(15)16)4-9(8)17-11/h2-4,6,14H,5H2,1H3,(H,12,13)(H,15,16). The Kier molecular flexibility index (Phi) is 2.97. The van der Waals surface area contributed by atoms with Gasteiger partial charge in [-0.15, -0.1) is 0 Å². The van der Waals surface area contributed by atoms with Gasteiger partial charge < -0.3 is 19.9 Å². The fraction of sp³-hybridized carbons (Fsp3) is 0.273. The Hall–Kier alpha value is -2.08. The first-order valence-corrected chi connectivity index (χ1v) is 5.12. The fourth-order valence-electron chi connectivity index (χ4n) is 1.37. The number of nitrogens with zero attached hydrogens (tertiary/aromatic N) is 1. The number of aliphatic hydroxyl groups excluding tert-OH is 1. The lowest BCUT2D eigenvalue weighted by atomic mass is 10.2. The van der Waals surface area contributed by atoms with Gasteiger partial charge in [0, 0.05) is 6.54 Å². The molecule has 0 radical (unpaired) electrons. The summed E-state index contributed by atoms with van der Waals surface area (Å²) in [5.74, 6) is -1.01. The summed E-state index contributed by atoms with van der Waals surface area (Å²) >= 11 is 0. The number of fused-ring (bicyclic) bond motifs is 1. The molecule has 2 aromatic rings. The fourth-order valence-corrected chi connectivity index (χ4v) is 1.37. The van der Waals surface area contributed by atoms with Gasteiger partial charge in [0.15, 0.2) is 5.58 Å². The molecule has 0 aliphatic rings. The van der Waals surface area contributed by atoms with Crippen LogP contribution in [0.5, 0.6) is 0 Å². The van der Waals surface area contributed by atoms with E-state index in [-0.39, 0.29) is 11.6 Å². The molecule has 3 N–H and O–H groups in total. The number of carboxylic acids is 1. The van der Waals surface area contributed by atoms with Gasteiger partial charge in [0.2, 0.25) is 0 Å². The van der Waals surface area contributed by atoms with Crippen LogP contribution in [0.25, 0.3) is 11.1 Å². The summed E-state index contributed by atoms with van der Waals surface area (Å²) in [7, 11) is 0. The molecule has 90 valence electrons. The number of hydrogen-bond donors (Lipinski definition) is 3. The van der Waals surface area contributed by atoms with Crippen molar-refractivity contribution in [2.75, 3.05) is 11.9 Å². The Morgan fingerprint density at radius 2 is 2.35 bits per heavy atom. The lowest BCUT2D eigenvalue weighted by Crippen LogP contribution is -2.15. The van der Waals surface area contributed by atoms with Gasteiger partial charge in [-0.1, -0.05) is 0 Å². The van der Waals surface area contributed by atoms with E-state index in [0.717, 1.165) is 0 Å². The smallest absolute Gasteiger partial charge is 0.335 e. The first-order valence-electron chi connectivity index (χ1n) is 5.12. The zero-order valence-corrected chi connectivity index (χ0v) is 9.17. The van der Waals surface area contributed by atoms with Crippen LogP contribution in [0.2, 0.25) is 0 Å². The van der Waals surface area contributed by atoms with Gasteiger partial charge in [0.25, 0.3) is 6.01 Å². The van der Waals surface area contributed by atoms with Gasteiger partial charge in [-0.3, -0.25) is 0 Å². The van der Waals surface area contributed by atoms with E-state index >= 15 is 0 Å². The molecule has 0 amide bonds. The number of anilines is 1. The van der Waals surface area contributed by atoms with Crippen molar-refractivity contribution in [3.63, 3.8) is 0 Å². The highest BCUT2D eigenvalue weighted by Crippen LogP contribution is 2.20. The molecule has 1 heterocycles. The Balaban J connectivity index is 2.27. The summed E-state index contributed by atoms with van der Waals surface area (Å²) in [6, 6.07) is 4.73. The zero-order chi connectivity index (χ0) is 12.4. The first-order chi connectivity index (χ1) is 8.06. The molecule has 0 aliphatic carbocycles. The highest BCUT2D eigenvalue weighted by molar-refractivity contribution is 5.92. The van der Waals surface area contributed by atoms with E-state index in [9.17, 15) is 4.79 Å². The summed E-state index contributed by atoms with van der Waals surface area (Å²) in [5.41, 5.74) is 1.12. The van der Waals surface area contributed by atoms with Crippen molar-refractivity contribution in [3.8, 4) is 0 Å². The minimum Gasteiger partial charge on any atom is -0.478 e. The summed E-state index contributed by atoms with van der Waals surface area (Å²) in [5, 5.41) is 20.7. The SMILES string of the molecule is CC(O)CNc1nc2ccc(C(=O)O)cc2o1. The number of hydrogen-bond acceptors (Lipinski definition) is 5. The Morgan fingerprint density at radius 3 is 3.00 bits per heavy atom. The predicted octanol–water partition coefficient (Wildman–Crippen LogP) is 1.32. The monoisotopic (exact) mass is 236 g/mol. The molecule has 0 saturated heterocycles. The van der Waals surface area contributed by atoms with Crippen molar-refractivity contribution >= 4 is 23.1 Å². The lowest BCUT2D eigenvalue weighted by Gasteiger charge is -2.02. The number of oxazole rings is 1. The number of aromatic nitrogens is 1. The summed E-state index contributed by atoms with van der Waals surface area (Å²) < 4.78 is 5.31. The van der Waals surface area contributed by atoms with Crippen LogP contribution in [0.3, 0.4) is 0 Å². The second kappa shape index (κ2) is 4.42. The summed E-state index contributed by atoms with van der Waals surface area (Å²) in [4.78, 5) is 14.9. The Bertz CT molecular complexity index is 547. The van der Waals surface area contributed by atoms with E-state index in [1.807, 2.05) is 0 Å². The molecular formula is C11H12N2O4. The Labute approximate surface area is 96.9 Å². The van der Waals surface area contributed by atoms with Crippen LogP contribution in [0.4, 0.5) is 6.01 Å². The van der Waals surface area contributed by atoms with Gasteiger partial charge in [0.1, 0.15) is 5.52 Å². The molecule has 0 spiro atoms. The molecule has 1 atom stereocenters. The molecule has 2 rings (SSSR count). The third-order valence-corrected chi connectivity index (χ3v) is 2.18. The molecule has 1 aromatic carbocycles. The summed E-state index contributed by atoms with van der Waals surface area (Å²) in [6.07, 6.45) is -0.514. The molecule has 1 unspecified atom stereocenters. The number of carboxylic acid groups (broad SMARTS) is 1. The second-order valence-corrected chi connectivity index (χ2v) is 3.74. The quantitative estimate of drug-likeness (QED) is 0.741. The van der Waals surface area contributed by atoms with Crippen molar-refractivity contribution in [1.29, 1.82) is 0 Å². The maximum atomic E-state index is 10.8. The molecule has 1 aromatic heterocycles. The molecule has 17 heavy (non-hydrogen) atoms. The third kappa shape index (κ3) is 2.54. The van der Waals surface area contributed by atoms with Crippen LogP contribution in [0, 0.1) is 0 Å². The minimum atomic E-state index is -1.01. The maximum absolute atomic E-state index is 10.8. The average molecular weight is 236 g/mol. The predicted molar refractivity (Wildman–Crippen MR) is 61.1 cm³/mol. The first kappa shape index (κ1) is 11.4. The molecule has 6 nitrogen and oxygen atoms in total. The summed E-state index contributed by atoms with van der Waals surface area (Å²) in [6.45, 7) is 1.96. The van der Waals surface area contributed by atoms with Crippen molar-refractivity contribution in [3.05, 3.63) is 23.8 Å². The highest BCUT2D eigenvalue weighted by Gasteiger charge is 2.09. The van der Waals surface area contributed by atoms with Crippen LogP contribution in [-0.2, 0) is 0 Å². The second-order valence-electron chi connectivity index (χ2n) is 3.74. The minimum absolute atomic E-state index is 0.149. The molecular weight excluding hydrogens is 224 g/mol. The van der Waals surface area contributed by atoms with E-state index in [1.54, 1.807) is 13.0 Å². The van der Waals surface area contributed by atoms with Gasteiger partial charge in [-0.2, -0.15) is 4.98 Å². The number of nitrogens with one attached hydrogen (secondary N) is 1. The highest BCUT2D eigenvalue weighted by atomic mass is 16.4. The Morgan fingerprint density at radius 1 is 1.59 bits per heavy atom. The van der Waals surface area contributed by atoms with Gasteiger partial charge in [-0.05, 0) is 25.1 Å². The number of aliphatic hydroxyl groups is 1. The number of carbonyl (C=O) groups is 1. The topological polar surface area (TPSA) is 95.6 Å². The average Bonchev–Trinajstić information content (AvgIpc) is 2.67. The van der Waals surface area contributed by atoms with Gasteiger partial charge in [0.05, 0.1) is 11.7 Å². The molecule has 0 aliphatic heterocycles. The maximum Gasteiger partial charge on any atom is 0.335 e. The van der Waals surface area contributed by atoms with Crippen molar-refractivity contribution in [2.24, 2.45) is 0 Å². The van der Waals surface area contributed by atoms with E-state index < -0.39 is 12.1 Å². The van der Waals surface area contributed by atoms with Crippen molar-refractivity contribution in [2.45, 2.75) is 13.0 Å². The van der Waals surface area contributed by atoms with Crippen molar-refractivity contribution < 1.29 is 19.4 Å². The van der Waals surface area contributed by atoms with Gasteiger partial charge in [-0.25, -0.2) is 4.79 Å². The molecule has 6 heteroatoms. The lowest BCUT2D eigenvalue weighted by molar-refractivity contribution is 0.0697. The molecule has 0 bridgehead atoms. The molecule has 0 fully saturated rings. The third-order valence-electron chi connectivity index (χ3n) is 2.18. The van der Waals surface area contributed by atoms with Crippen LogP contribution < -0.4 is 5.32 Å². The van der Waals surface area contributed by atoms with E-state index in [0.29, 0.717) is 17.6 Å². The zero-order valence-electron chi connectivity index (χ0n) is 9.17. The van der Waals surface area contributed by atoms with Gasteiger partial charge >= 0.3 is 5.97 Å². The normalized spacial score (nSPS) is 12.6. The number of aromatic carboxylic acids is 1. The van der Waals surface area contributed by atoms with Crippen LogP contribution in [-0.4, -0.2) is 33.8 Å². The van der Waals surface area contributed by atoms with Crippen LogP contribution in [0.1, 0.15) is 17.3 Å². The number of benzene rings is 1. The van der Waals surface area contributed by atoms with Crippen LogP contribution >= 0.6 is 0 Å². The van der Waals surface area contributed by atoms with Crippen LogP contribution in [0.15, 0.2) is 22.6 Å². The van der Waals surface area contributed by atoms with E-state index in [4.69, 9.17) is 14.6 Å². The number of rotatable bonds is 4.